The van der Waals surface area contributed by atoms with Crippen LogP contribution in [-0.2, 0) is 11.3 Å². The lowest BCUT2D eigenvalue weighted by atomic mass is 10.2. The van der Waals surface area contributed by atoms with Crippen molar-refractivity contribution in [2.45, 2.75) is 18.6 Å². The summed E-state index contributed by atoms with van der Waals surface area (Å²) in [6, 6.07) is 5.23. The minimum absolute atomic E-state index is 0.158. The second kappa shape index (κ2) is 8.20. The number of carbonyl (C=O) groups excluding carboxylic acids is 1. The van der Waals surface area contributed by atoms with Crippen LogP contribution in [-0.4, -0.2) is 31.4 Å². The SMILES string of the molecule is C=CCn1c(SCC(=O)Nc2cccnc2Cl)nnc1-c1ccoc1C. The summed E-state index contributed by atoms with van der Waals surface area (Å²) in [4.78, 5) is 16.1. The fourth-order valence-corrected chi connectivity index (χ4v) is 3.22. The largest absolute Gasteiger partial charge is 0.469 e. The Hall–Kier alpha value is -2.58. The molecule has 0 aromatic carbocycles. The molecule has 0 aliphatic carbocycles. The molecule has 0 radical (unpaired) electrons. The normalized spacial score (nSPS) is 10.7. The van der Waals surface area contributed by atoms with E-state index >= 15 is 0 Å². The van der Waals surface area contributed by atoms with Crippen molar-refractivity contribution in [2.24, 2.45) is 0 Å². The van der Waals surface area contributed by atoms with Crippen LogP contribution < -0.4 is 5.32 Å². The van der Waals surface area contributed by atoms with Crippen molar-refractivity contribution in [1.82, 2.24) is 19.7 Å². The van der Waals surface area contributed by atoms with Crippen molar-refractivity contribution in [3.63, 3.8) is 0 Å². The molecular weight excluding hydrogens is 374 g/mol. The Balaban J connectivity index is 1.73. The molecule has 3 aromatic heterocycles. The van der Waals surface area contributed by atoms with Gasteiger partial charge >= 0.3 is 0 Å². The van der Waals surface area contributed by atoms with Crippen LogP contribution in [0.5, 0.6) is 0 Å². The molecule has 9 heteroatoms. The number of thioether (sulfide) groups is 1. The van der Waals surface area contributed by atoms with Gasteiger partial charge in [0, 0.05) is 12.7 Å². The van der Waals surface area contributed by atoms with Crippen LogP contribution in [0.2, 0.25) is 5.15 Å². The number of aryl methyl sites for hydroxylation is 1. The zero-order valence-corrected chi connectivity index (χ0v) is 15.5. The van der Waals surface area contributed by atoms with Gasteiger partial charge in [-0.2, -0.15) is 0 Å². The number of pyridine rings is 1. The minimum Gasteiger partial charge on any atom is -0.469 e. The maximum atomic E-state index is 12.2. The number of nitrogens with one attached hydrogen (secondary N) is 1. The maximum Gasteiger partial charge on any atom is 0.234 e. The lowest BCUT2D eigenvalue weighted by Gasteiger charge is -2.08. The molecule has 3 rings (SSSR count). The van der Waals surface area contributed by atoms with Gasteiger partial charge in [-0.25, -0.2) is 4.98 Å². The molecule has 7 nitrogen and oxygen atoms in total. The molecule has 0 saturated carbocycles. The predicted molar refractivity (Wildman–Crippen MR) is 101 cm³/mol. The summed E-state index contributed by atoms with van der Waals surface area (Å²) in [5.41, 5.74) is 1.33. The van der Waals surface area contributed by atoms with Gasteiger partial charge in [-0.3, -0.25) is 9.36 Å². The van der Waals surface area contributed by atoms with Crippen LogP contribution in [0.4, 0.5) is 5.69 Å². The number of anilines is 1. The van der Waals surface area contributed by atoms with E-state index in [2.05, 4.69) is 27.1 Å². The quantitative estimate of drug-likeness (QED) is 0.375. The van der Waals surface area contributed by atoms with Crippen molar-refractivity contribution >= 4 is 35.0 Å². The molecule has 0 aliphatic heterocycles. The molecular formula is C17H16ClN5O2S. The molecule has 3 aromatic rings. The third kappa shape index (κ3) is 3.97. The van der Waals surface area contributed by atoms with Gasteiger partial charge in [0.1, 0.15) is 5.76 Å². The minimum atomic E-state index is -0.209. The smallest absolute Gasteiger partial charge is 0.234 e. The standard InChI is InChI=1S/C17H16ClN5O2S/c1-3-8-23-16(12-6-9-25-11(12)2)21-22-17(23)26-10-14(24)20-13-5-4-7-19-15(13)18/h3-7,9H,1,8,10H2,2H3,(H,20,24). The number of hydrogen-bond acceptors (Lipinski definition) is 6. The molecule has 26 heavy (non-hydrogen) atoms. The number of aromatic nitrogens is 4. The molecule has 0 saturated heterocycles. The third-order valence-electron chi connectivity index (χ3n) is 3.49. The first-order chi connectivity index (χ1) is 12.6. The van der Waals surface area contributed by atoms with Crippen LogP contribution in [0.25, 0.3) is 11.4 Å². The van der Waals surface area contributed by atoms with Crippen LogP contribution in [0.15, 0.2) is 52.9 Å². The number of allylic oxidation sites excluding steroid dienone is 1. The fraction of sp³-hybridized carbons (Fsp3) is 0.176. The Morgan fingerprint density at radius 2 is 2.31 bits per heavy atom. The third-order valence-corrected chi connectivity index (χ3v) is 4.76. The lowest BCUT2D eigenvalue weighted by molar-refractivity contribution is -0.113. The number of carbonyl (C=O) groups is 1. The highest BCUT2D eigenvalue weighted by Crippen LogP contribution is 2.27. The lowest BCUT2D eigenvalue weighted by Crippen LogP contribution is -2.15. The molecule has 0 unspecified atom stereocenters. The molecule has 0 bridgehead atoms. The van der Waals surface area contributed by atoms with Gasteiger partial charge < -0.3 is 9.73 Å². The summed E-state index contributed by atoms with van der Waals surface area (Å²) in [7, 11) is 0. The van der Waals surface area contributed by atoms with Gasteiger partial charge in [0.05, 0.1) is 23.3 Å². The van der Waals surface area contributed by atoms with E-state index in [1.807, 2.05) is 17.6 Å². The van der Waals surface area contributed by atoms with Gasteiger partial charge in [0.15, 0.2) is 16.1 Å². The highest BCUT2D eigenvalue weighted by atomic mass is 35.5. The maximum absolute atomic E-state index is 12.2. The van der Waals surface area contributed by atoms with Gasteiger partial charge in [-0.05, 0) is 25.1 Å². The summed E-state index contributed by atoms with van der Waals surface area (Å²) in [6.07, 6.45) is 4.92. The average molecular weight is 390 g/mol. The second-order valence-corrected chi connectivity index (χ2v) is 6.58. The molecule has 0 fully saturated rings. The number of hydrogen-bond donors (Lipinski definition) is 1. The van der Waals surface area contributed by atoms with E-state index in [0.717, 1.165) is 11.3 Å². The topological polar surface area (TPSA) is 85.8 Å². The van der Waals surface area contributed by atoms with Gasteiger partial charge in [0.25, 0.3) is 0 Å². The van der Waals surface area contributed by atoms with Crippen LogP contribution in [0, 0.1) is 6.92 Å². The highest BCUT2D eigenvalue weighted by molar-refractivity contribution is 7.99. The summed E-state index contributed by atoms with van der Waals surface area (Å²) >= 11 is 7.23. The first-order valence-electron chi connectivity index (χ1n) is 7.72. The molecule has 1 amide bonds. The molecule has 1 N–H and O–H groups in total. The van der Waals surface area contributed by atoms with Crippen molar-refractivity contribution in [3.05, 3.63) is 54.2 Å². The van der Waals surface area contributed by atoms with Gasteiger partial charge in [-0.1, -0.05) is 29.4 Å². The van der Waals surface area contributed by atoms with Crippen molar-refractivity contribution < 1.29 is 9.21 Å². The summed E-state index contributed by atoms with van der Waals surface area (Å²) in [5.74, 6) is 1.38. The Bertz CT molecular complexity index is 937. The zero-order chi connectivity index (χ0) is 18.5. The zero-order valence-electron chi connectivity index (χ0n) is 14.0. The van der Waals surface area contributed by atoms with E-state index in [9.17, 15) is 4.79 Å². The van der Waals surface area contributed by atoms with Crippen molar-refractivity contribution in [1.29, 1.82) is 0 Å². The summed E-state index contributed by atoms with van der Waals surface area (Å²) < 4.78 is 7.23. The number of furan rings is 1. The van der Waals surface area contributed by atoms with Crippen LogP contribution >= 0.6 is 23.4 Å². The Labute approximate surface area is 159 Å². The molecule has 3 heterocycles. The number of halogens is 1. The first-order valence-corrected chi connectivity index (χ1v) is 9.08. The van der Waals surface area contributed by atoms with Crippen LogP contribution in [0.3, 0.4) is 0 Å². The fourth-order valence-electron chi connectivity index (χ4n) is 2.30. The van der Waals surface area contributed by atoms with Gasteiger partial charge in [0.2, 0.25) is 5.91 Å². The van der Waals surface area contributed by atoms with E-state index < -0.39 is 0 Å². The highest BCUT2D eigenvalue weighted by Gasteiger charge is 2.17. The van der Waals surface area contributed by atoms with Crippen molar-refractivity contribution in [2.75, 3.05) is 11.1 Å². The second-order valence-electron chi connectivity index (χ2n) is 5.27. The van der Waals surface area contributed by atoms with E-state index in [4.69, 9.17) is 16.0 Å². The summed E-state index contributed by atoms with van der Waals surface area (Å²) in [6.45, 7) is 6.15. The van der Waals surface area contributed by atoms with E-state index in [-0.39, 0.29) is 16.8 Å². The average Bonchev–Trinajstić information content (AvgIpc) is 3.21. The van der Waals surface area contributed by atoms with Gasteiger partial charge in [-0.15, -0.1) is 16.8 Å². The predicted octanol–water partition coefficient (Wildman–Crippen LogP) is 3.81. The van der Waals surface area contributed by atoms with Crippen molar-refractivity contribution in [3.8, 4) is 11.4 Å². The number of rotatable bonds is 7. The Morgan fingerprint density at radius 1 is 1.46 bits per heavy atom. The van der Waals surface area contributed by atoms with E-state index in [1.54, 1.807) is 30.7 Å². The Morgan fingerprint density at radius 3 is 3.00 bits per heavy atom. The molecule has 0 atom stereocenters. The summed E-state index contributed by atoms with van der Waals surface area (Å²) in [5, 5.41) is 12.0. The Kier molecular flexibility index (Phi) is 5.75. The molecule has 0 spiro atoms. The monoisotopic (exact) mass is 389 g/mol. The molecule has 134 valence electrons. The number of nitrogens with zero attached hydrogens (tertiary/aromatic N) is 4. The molecule has 0 aliphatic rings. The van der Waals surface area contributed by atoms with E-state index in [1.165, 1.54) is 11.8 Å². The van der Waals surface area contributed by atoms with Crippen LogP contribution in [0.1, 0.15) is 5.76 Å². The number of amides is 1. The van der Waals surface area contributed by atoms with E-state index in [0.29, 0.717) is 23.2 Å². The first kappa shape index (κ1) is 18.2.